The second kappa shape index (κ2) is 4.76. The SMILES string of the molecule is CNC(=O)CN(C)c1ccnc(Cl)n1. The molecule has 0 bridgehead atoms. The smallest absolute Gasteiger partial charge is 0.239 e. The van der Waals surface area contributed by atoms with Gasteiger partial charge in [0.25, 0.3) is 0 Å². The van der Waals surface area contributed by atoms with E-state index in [0.29, 0.717) is 5.82 Å². The second-order valence-electron chi connectivity index (χ2n) is 2.71. The number of hydrogen-bond donors (Lipinski definition) is 1. The lowest BCUT2D eigenvalue weighted by Gasteiger charge is -2.16. The first-order valence-electron chi connectivity index (χ1n) is 4.03. The van der Waals surface area contributed by atoms with Crippen LogP contribution in [-0.2, 0) is 4.79 Å². The summed E-state index contributed by atoms with van der Waals surface area (Å²) in [6.07, 6.45) is 1.55. The Morgan fingerprint density at radius 1 is 1.71 bits per heavy atom. The third-order valence-corrected chi connectivity index (χ3v) is 1.84. The van der Waals surface area contributed by atoms with Crippen molar-refractivity contribution in [2.45, 2.75) is 0 Å². The highest BCUT2D eigenvalue weighted by Gasteiger charge is 2.07. The standard InChI is InChI=1S/C8H11ClN4O/c1-10-7(14)5-13(2)6-3-4-11-8(9)12-6/h3-4H,5H2,1-2H3,(H,10,14). The molecule has 1 aromatic rings. The molecular formula is C8H11ClN4O. The highest BCUT2D eigenvalue weighted by Crippen LogP contribution is 2.09. The van der Waals surface area contributed by atoms with Crippen LogP contribution in [0.15, 0.2) is 12.3 Å². The highest BCUT2D eigenvalue weighted by atomic mass is 35.5. The van der Waals surface area contributed by atoms with Crippen LogP contribution in [0, 0.1) is 0 Å². The summed E-state index contributed by atoms with van der Waals surface area (Å²) < 4.78 is 0. The predicted molar refractivity (Wildman–Crippen MR) is 54.4 cm³/mol. The molecule has 0 aromatic carbocycles. The van der Waals surface area contributed by atoms with Crippen molar-refractivity contribution in [3.8, 4) is 0 Å². The molecule has 1 amide bonds. The van der Waals surface area contributed by atoms with Crippen molar-refractivity contribution in [1.29, 1.82) is 0 Å². The Labute approximate surface area is 87.1 Å². The Morgan fingerprint density at radius 2 is 2.43 bits per heavy atom. The largest absolute Gasteiger partial charge is 0.358 e. The molecule has 0 unspecified atom stereocenters. The summed E-state index contributed by atoms with van der Waals surface area (Å²) in [5.41, 5.74) is 0. The van der Waals surface area contributed by atoms with Crippen molar-refractivity contribution in [2.24, 2.45) is 0 Å². The molecule has 1 rings (SSSR count). The van der Waals surface area contributed by atoms with Crippen LogP contribution in [0.1, 0.15) is 0 Å². The van der Waals surface area contributed by atoms with E-state index in [2.05, 4.69) is 15.3 Å². The number of amides is 1. The predicted octanol–water partition coefficient (Wildman–Crippen LogP) is 0.312. The number of aromatic nitrogens is 2. The Bertz CT molecular complexity index is 331. The maximum absolute atomic E-state index is 11.1. The van der Waals surface area contributed by atoms with Gasteiger partial charge in [0.2, 0.25) is 11.2 Å². The minimum absolute atomic E-state index is 0.0813. The summed E-state index contributed by atoms with van der Waals surface area (Å²) >= 11 is 5.61. The first-order valence-corrected chi connectivity index (χ1v) is 4.41. The topological polar surface area (TPSA) is 58.1 Å². The van der Waals surface area contributed by atoms with E-state index in [-0.39, 0.29) is 17.7 Å². The summed E-state index contributed by atoms with van der Waals surface area (Å²) in [5.74, 6) is 0.538. The number of anilines is 1. The quantitative estimate of drug-likeness (QED) is 0.736. The Hall–Kier alpha value is -1.36. The van der Waals surface area contributed by atoms with Crippen molar-refractivity contribution >= 4 is 23.3 Å². The number of carbonyl (C=O) groups is 1. The van der Waals surface area contributed by atoms with Crippen LogP contribution in [0.4, 0.5) is 5.82 Å². The molecule has 0 aliphatic rings. The van der Waals surface area contributed by atoms with E-state index >= 15 is 0 Å². The summed E-state index contributed by atoms with van der Waals surface area (Å²) in [5, 5.41) is 2.70. The third kappa shape index (κ3) is 2.85. The summed E-state index contributed by atoms with van der Waals surface area (Å²) in [4.78, 5) is 20.4. The van der Waals surface area contributed by atoms with Gasteiger partial charge in [0.05, 0.1) is 6.54 Å². The van der Waals surface area contributed by atoms with E-state index < -0.39 is 0 Å². The molecule has 0 radical (unpaired) electrons. The van der Waals surface area contributed by atoms with E-state index in [1.807, 2.05) is 0 Å². The molecule has 0 fully saturated rings. The Kier molecular flexibility index (Phi) is 3.64. The molecule has 1 aromatic heterocycles. The normalized spacial score (nSPS) is 9.64. The molecule has 0 saturated heterocycles. The maximum atomic E-state index is 11.1. The molecule has 0 saturated carbocycles. The van der Waals surface area contributed by atoms with Gasteiger partial charge in [0.1, 0.15) is 5.82 Å². The van der Waals surface area contributed by atoms with Gasteiger partial charge in [0.15, 0.2) is 0 Å². The lowest BCUT2D eigenvalue weighted by Crippen LogP contribution is -2.33. The number of rotatable bonds is 3. The van der Waals surface area contributed by atoms with E-state index in [1.54, 1.807) is 31.3 Å². The zero-order chi connectivity index (χ0) is 10.6. The first-order chi connectivity index (χ1) is 6.63. The van der Waals surface area contributed by atoms with Gasteiger partial charge in [0, 0.05) is 20.3 Å². The van der Waals surface area contributed by atoms with Crippen molar-refractivity contribution in [3.63, 3.8) is 0 Å². The van der Waals surface area contributed by atoms with Crippen molar-refractivity contribution < 1.29 is 4.79 Å². The van der Waals surface area contributed by atoms with Gasteiger partial charge in [-0.25, -0.2) is 9.97 Å². The van der Waals surface area contributed by atoms with Crippen molar-refractivity contribution in [3.05, 3.63) is 17.5 Å². The molecule has 1 N–H and O–H groups in total. The van der Waals surface area contributed by atoms with Gasteiger partial charge in [-0.15, -0.1) is 0 Å². The number of likely N-dealkylation sites (N-methyl/N-ethyl adjacent to an activating group) is 2. The number of nitrogens with one attached hydrogen (secondary N) is 1. The van der Waals surface area contributed by atoms with Crippen LogP contribution in [0.2, 0.25) is 5.28 Å². The van der Waals surface area contributed by atoms with E-state index in [9.17, 15) is 4.79 Å². The lowest BCUT2D eigenvalue weighted by atomic mass is 10.4. The fourth-order valence-corrected chi connectivity index (χ4v) is 1.06. The first kappa shape index (κ1) is 10.7. The molecule has 14 heavy (non-hydrogen) atoms. The van der Waals surface area contributed by atoms with E-state index in [1.165, 1.54) is 0 Å². The van der Waals surface area contributed by atoms with Gasteiger partial charge in [-0.3, -0.25) is 4.79 Å². The zero-order valence-corrected chi connectivity index (χ0v) is 8.75. The molecule has 6 heteroatoms. The molecule has 0 atom stereocenters. The molecule has 0 spiro atoms. The monoisotopic (exact) mass is 214 g/mol. The lowest BCUT2D eigenvalue weighted by molar-refractivity contribution is -0.119. The number of carbonyl (C=O) groups excluding carboxylic acids is 1. The van der Waals surface area contributed by atoms with Crippen LogP contribution >= 0.6 is 11.6 Å². The maximum Gasteiger partial charge on any atom is 0.239 e. The fourth-order valence-electron chi connectivity index (χ4n) is 0.914. The summed E-state index contributed by atoms with van der Waals surface area (Å²) in [6.45, 7) is 0.240. The molecule has 0 aliphatic heterocycles. The van der Waals surface area contributed by atoms with Crippen molar-refractivity contribution in [1.82, 2.24) is 15.3 Å². The van der Waals surface area contributed by atoms with Crippen LogP contribution in [-0.4, -0.2) is 36.5 Å². The van der Waals surface area contributed by atoms with Crippen LogP contribution in [0.5, 0.6) is 0 Å². The average molecular weight is 215 g/mol. The molecule has 0 aliphatic carbocycles. The number of halogens is 1. The molecular weight excluding hydrogens is 204 g/mol. The molecule has 1 heterocycles. The van der Waals surface area contributed by atoms with E-state index in [0.717, 1.165) is 0 Å². The molecule has 5 nitrogen and oxygen atoms in total. The highest BCUT2D eigenvalue weighted by molar-refractivity contribution is 6.28. The molecule has 76 valence electrons. The average Bonchev–Trinajstić information content (AvgIpc) is 2.17. The summed E-state index contributed by atoms with van der Waals surface area (Å²) in [7, 11) is 3.34. The number of hydrogen-bond acceptors (Lipinski definition) is 4. The van der Waals surface area contributed by atoms with Gasteiger partial charge >= 0.3 is 0 Å². The van der Waals surface area contributed by atoms with Gasteiger partial charge < -0.3 is 10.2 Å². The van der Waals surface area contributed by atoms with Crippen LogP contribution in [0.25, 0.3) is 0 Å². The Morgan fingerprint density at radius 3 is 3.00 bits per heavy atom. The van der Waals surface area contributed by atoms with Crippen LogP contribution in [0.3, 0.4) is 0 Å². The fraction of sp³-hybridized carbons (Fsp3) is 0.375. The van der Waals surface area contributed by atoms with Gasteiger partial charge in [-0.2, -0.15) is 0 Å². The number of nitrogens with zero attached hydrogens (tertiary/aromatic N) is 3. The van der Waals surface area contributed by atoms with Gasteiger partial charge in [-0.1, -0.05) is 0 Å². The third-order valence-electron chi connectivity index (χ3n) is 1.66. The zero-order valence-electron chi connectivity index (χ0n) is 7.99. The Balaban J connectivity index is 2.69. The minimum Gasteiger partial charge on any atom is -0.358 e. The van der Waals surface area contributed by atoms with Gasteiger partial charge in [-0.05, 0) is 17.7 Å². The minimum atomic E-state index is -0.0813. The van der Waals surface area contributed by atoms with E-state index in [4.69, 9.17) is 11.6 Å². The second-order valence-corrected chi connectivity index (χ2v) is 3.05. The van der Waals surface area contributed by atoms with Crippen molar-refractivity contribution in [2.75, 3.05) is 25.5 Å². The van der Waals surface area contributed by atoms with Crippen LogP contribution < -0.4 is 10.2 Å². The summed E-state index contributed by atoms with van der Waals surface area (Å²) in [6, 6.07) is 1.69.